The van der Waals surface area contributed by atoms with E-state index in [0.29, 0.717) is 12.1 Å². The first-order valence-electron chi connectivity index (χ1n) is 6.62. The molecule has 102 valence electrons. The molecule has 0 radical (unpaired) electrons. The van der Waals surface area contributed by atoms with Crippen LogP contribution in [0.2, 0.25) is 0 Å². The van der Waals surface area contributed by atoms with Crippen molar-refractivity contribution in [1.29, 1.82) is 0 Å². The van der Waals surface area contributed by atoms with E-state index in [4.69, 9.17) is 0 Å². The Labute approximate surface area is 110 Å². The molecule has 0 N–H and O–H groups in total. The fourth-order valence-electron chi connectivity index (χ4n) is 3.07. The van der Waals surface area contributed by atoms with Gasteiger partial charge in [-0.25, -0.2) is 0 Å². The van der Waals surface area contributed by atoms with Gasteiger partial charge in [0, 0.05) is 18.6 Å². The lowest BCUT2D eigenvalue weighted by Gasteiger charge is -2.31. The van der Waals surface area contributed by atoms with Crippen LogP contribution in [0.25, 0.3) is 0 Å². The van der Waals surface area contributed by atoms with Crippen molar-refractivity contribution in [3.8, 4) is 0 Å². The number of halogens is 3. The third-order valence-electron chi connectivity index (χ3n) is 4.10. The van der Waals surface area contributed by atoms with E-state index in [-0.39, 0.29) is 0 Å². The van der Waals surface area contributed by atoms with Crippen molar-refractivity contribution in [2.45, 2.75) is 44.1 Å². The summed E-state index contributed by atoms with van der Waals surface area (Å²) in [5.74, 6) is 0. The number of rotatable bonds is 2. The molecule has 0 aromatic heterocycles. The fourth-order valence-corrected chi connectivity index (χ4v) is 3.07. The summed E-state index contributed by atoms with van der Waals surface area (Å²) in [6.07, 6.45) is 3.64. The smallest absolute Gasteiger partial charge is 0.289 e. The summed E-state index contributed by atoms with van der Waals surface area (Å²) in [6, 6.07) is 6.59. The fraction of sp³-hybridized carbons (Fsp3) is 0.467. The van der Waals surface area contributed by atoms with Gasteiger partial charge in [0.25, 0.3) is 0 Å². The minimum atomic E-state index is -4.24. The highest BCUT2D eigenvalue weighted by Gasteiger charge is 2.34. The Morgan fingerprint density at radius 2 is 1.84 bits per heavy atom. The Kier molecular flexibility index (Phi) is 3.13. The number of fused-ring (bicyclic) bond motifs is 2. The molecule has 1 fully saturated rings. The summed E-state index contributed by atoms with van der Waals surface area (Å²) in [6.45, 7) is 0.748. The van der Waals surface area contributed by atoms with Crippen LogP contribution in [0.15, 0.2) is 36.4 Å². The van der Waals surface area contributed by atoms with Crippen molar-refractivity contribution in [3.63, 3.8) is 0 Å². The summed E-state index contributed by atoms with van der Waals surface area (Å²) in [5.41, 5.74) is 0.387. The molecule has 2 bridgehead atoms. The Balaban J connectivity index is 1.72. The molecule has 1 saturated heterocycles. The van der Waals surface area contributed by atoms with E-state index >= 15 is 0 Å². The molecule has 4 heteroatoms. The van der Waals surface area contributed by atoms with Gasteiger partial charge < -0.3 is 0 Å². The Bertz CT molecular complexity index is 475. The van der Waals surface area contributed by atoms with Gasteiger partial charge in [-0.15, -0.1) is 0 Å². The second-order valence-electron chi connectivity index (χ2n) is 5.33. The first-order chi connectivity index (χ1) is 9.04. The number of nitrogens with zero attached hydrogens (tertiary/aromatic N) is 1. The third kappa shape index (κ3) is 2.54. The van der Waals surface area contributed by atoms with Crippen LogP contribution in [0.5, 0.6) is 0 Å². The second-order valence-corrected chi connectivity index (χ2v) is 5.33. The van der Waals surface area contributed by atoms with E-state index in [1.807, 2.05) is 0 Å². The SMILES string of the molecule is FC(F)(F)c1ccc(CN2[C@@H]3CC=C[C@H]2CC3)cc1. The maximum absolute atomic E-state index is 12.5. The van der Waals surface area contributed by atoms with E-state index in [0.717, 1.165) is 18.5 Å². The maximum Gasteiger partial charge on any atom is 0.416 e. The lowest BCUT2D eigenvalue weighted by molar-refractivity contribution is -0.137. The first kappa shape index (κ1) is 12.7. The van der Waals surface area contributed by atoms with Crippen molar-refractivity contribution in [3.05, 3.63) is 47.5 Å². The van der Waals surface area contributed by atoms with Crippen molar-refractivity contribution in [1.82, 2.24) is 4.90 Å². The van der Waals surface area contributed by atoms with Crippen molar-refractivity contribution < 1.29 is 13.2 Å². The lowest BCUT2D eigenvalue weighted by atomic mass is 10.1. The third-order valence-corrected chi connectivity index (χ3v) is 4.10. The molecule has 0 aliphatic carbocycles. The molecule has 1 aromatic rings. The lowest BCUT2D eigenvalue weighted by Crippen LogP contribution is -2.36. The molecule has 0 saturated carbocycles. The molecule has 2 atom stereocenters. The van der Waals surface area contributed by atoms with Crippen LogP contribution in [0.4, 0.5) is 13.2 Å². The van der Waals surface area contributed by atoms with E-state index in [2.05, 4.69) is 17.1 Å². The normalized spacial score (nSPS) is 26.9. The molecular formula is C15H16F3N. The second kappa shape index (κ2) is 4.67. The minimum absolute atomic E-state index is 0.473. The van der Waals surface area contributed by atoms with Gasteiger partial charge in [-0.1, -0.05) is 24.3 Å². The average molecular weight is 267 g/mol. The van der Waals surface area contributed by atoms with E-state index in [1.54, 1.807) is 12.1 Å². The minimum Gasteiger partial charge on any atom is -0.289 e. The number of hydrogen-bond donors (Lipinski definition) is 0. The van der Waals surface area contributed by atoms with E-state index < -0.39 is 11.7 Å². The molecule has 0 amide bonds. The van der Waals surface area contributed by atoms with Crippen molar-refractivity contribution >= 4 is 0 Å². The molecular weight excluding hydrogens is 251 g/mol. The van der Waals surface area contributed by atoms with Gasteiger partial charge in [0.15, 0.2) is 0 Å². The Morgan fingerprint density at radius 3 is 2.47 bits per heavy atom. The molecule has 1 nitrogen and oxygen atoms in total. The highest BCUT2D eigenvalue weighted by Crippen LogP contribution is 2.33. The van der Waals surface area contributed by atoms with Crippen molar-refractivity contribution in [2.75, 3.05) is 0 Å². The molecule has 2 aliphatic rings. The van der Waals surface area contributed by atoms with Crippen molar-refractivity contribution in [2.24, 2.45) is 0 Å². The van der Waals surface area contributed by atoms with Crippen LogP contribution in [0.3, 0.4) is 0 Å². The zero-order valence-corrected chi connectivity index (χ0v) is 10.5. The van der Waals surface area contributed by atoms with Crippen LogP contribution < -0.4 is 0 Å². The maximum atomic E-state index is 12.5. The van der Waals surface area contributed by atoms with E-state index in [1.165, 1.54) is 25.0 Å². The van der Waals surface area contributed by atoms with Gasteiger partial charge in [-0.05, 0) is 37.0 Å². The monoisotopic (exact) mass is 267 g/mol. The summed E-state index contributed by atoms with van der Waals surface area (Å²) in [5, 5.41) is 0. The topological polar surface area (TPSA) is 3.24 Å². The zero-order valence-electron chi connectivity index (χ0n) is 10.5. The summed E-state index contributed by atoms with van der Waals surface area (Å²) >= 11 is 0. The zero-order chi connectivity index (χ0) is 13.5. The largest absolute Gasteiger partial charge is 0.416 e. The average Bonchev–Trinajstić information content (AvgIpc) is 2.61. The summed E-state index contributed by atoms with van der Waals surface area (Å²) < 4.78 is 37.5. The van der Waals surface area contributed by atoms with Gasteiger partial charge in [-0.3, -0.25) is 4.90 Å². The summed E-state index contributed by atoms with van der Waals surface area (Å²) in [4.78, 5) is 2.41. The molecule has 3 rings (SSSR count). The Hall–Kier alpha value is -1.29. The highest BCUT2D eigenvalue weighted by atomic mass is 19.4. The van der Waals surface area contributed by atoms with E-state index in [9.17, 15) is 13.2 Å². The molecule has 0 unspecified atom stereocenters. The quantitative estimate of drug-likeness (QED) is 0.732. The van der Waals surface area contributed by atoms with Crippen LogP contribution in [0, 0.1) is 0 Å². The van der Waals surface area contributed by atoms with Gasteiger partial charge in [0.05, 0.1) is 5.56 Å². The van der Waals surface area contributed by atoms with Crippen LogP contribution in [0.1, 0.15) is 30.4 Å². The molecule has 2 heterocycles. The molecule has 19 heavy (non-hydrogen) atoms. The number of benzene rings is 1. The Morgan fingerprint density at radius 1 is 1.11 bits per heavy atom. The first-order valence-corrected chi connectivity index (χ1v) is 6.62. The predicted octanol–water partition coefficient (Wildman–Crippen LogP) is 4.00. The summed E-state index contributed by atoms with van der Waals surface area (Å²) in [7, 11) is 0. The molecule has 1 aromatic carbocycles. The predicted molar refractivity (Wildman–Crippen MR) is 67.6 cm³/mol. The standard InChI is InChI=1S/C15H16F3N/c16-15(17,18)12-6-4-11(5-7-12)10-19-13-2-1-3-14(19)9-8-13/h1-2,4-7,13-14H,3,8-10H2/t13-,14+/m0/s1. The van der Waals surface area contributed by atoms with Crippen LogP contribution >= 0.6 is 0 Å². The molecule has 0 spiro atoms. The van der Waals surface area contributed by atoms with Crippen LogP contribution in [-0.4, -0.2) is 17.0 Å². The number of hydrogen-bond acceptors (Lipinski definition) is 1. The number of alkyl halides is 3. The van der Waals surface area contributed by atoms with Gasteiger partial charge in [0.1, 0.15) is 0 Å². The van der Waals surface area contributed by atoms with Gasteiger partial charge >= 0.3 is 6.18 Å². The highest BCUT2D eigenvalue weighted by molar-refractivity contribution is 5.25. The molecule has 2 aliphatic heterocycles. The van der Waals surface area contributed by atoms with Crippen LogP contribution in [-0.2, 0) is 12.7 Å². The van der Waals surface area contributed by atoms with Gasteiger partial charge in [0.2, 0.25) is 0 Å². The van der Waals surface area contributed by atoms with Gasteiger partial charge in [-0.2, -0.15) is 13.2 Å².